The number of halogens is 1. The Bertz CT molecular complexity index is 394. The molecule has 0 radical (unpaired) electrons. The van der Waals surface area contributed by atoms with E-state index in [1.807, 2.05) is 12.1 Å². The van der Waals surface area contributed by atoms with E-state index >= 15 is 0 Å². The van der Waals surface area contributed by atoms with Crippen LogP contribution in [0, 0.1) is 5.82 Å². The molecular weight excluding hydrogens is 177 g/mol. The van der Waals surface area contributed by atoms with E-state index in [0.29, 0.717) is 0 Å². The molecule has 0 spiro atoms. The molecule has 0 amide bonds. The van der Waals surface area contributed by atoms with Gasteiger partial charge < -0.3 is 0 Å². The summed E-state index contributed by atoms with van der Waals surface area (Å²) in [6, 6.07) is 10.5. The van der Waals surface area contributed by atoms with Crippen LogP contribution in [0.25, 0.3) is 0 Å². The van der Waals surface area contributed by atoms with Crippen LogP contribution in [-0.2, 0) is 6.42 Å². The van der Waals surface area contributed by atoms with E-state index in [4.69, 9.17) is 0 Å². The molecule has 0 aliphatic carbocycles. The van der Waals surface area contributed by atoms with E-state index in [2.05, 4.69) is 4.98 Å². The molecule has 0 N–H and O–H groups in total. The van der Waals surface area contributed by atoms with Gasteiger partial charge in [-0.2, -0.15) is 0 Å². The van der Waals surface area contributed by atoms with Crippen LogP contribution in [0.3, 0.4) is 0 Å². The van der Waals surface area contributed by atoms with E-state index in [1.165, 1.54) is 17.7 Å². The summed E-state index contributed by atoms with van der Waals surface area (Å²) in [6.45, 7) is 0. The van der Waals surface area contributed by atoms with Gasteiger partial charge in [-0.15, -0.1) is 0 Å². The average molecular weight is 187 g/mol. The van der Waals surface area contributed by atoms with Crippen LogP contribution < -0.4 is 0 Å². The Morgan fingerprint density at radius 2 is 1.43 bits per heavy atom. The molecule has 0 atom stereocenters. The van der Waals surface area contributed by atoms with Crippen LogP contribution in [0.15, 0.2) is 48.8 Å². The molecule has 0 fully saturated rings. The fraction of sp³-hybridized carbons (Fsp3) is 0.0833. The molecule has 0 aliphatic heterocycles. The van der Waals surface area contributed by atoms with Crippen LogP contribution in [0.2, 0.25) is 0 Å². The summed E-state index contributed by atoms with van der Waals surface area (Å²) >= 11 is 0. The van der Waals surface area contributed by atoms with E-state index in [0.717, 1.165) is 12.0 Å². The Hall–Kier alpha value is -1.70. The fourth-order valence-corrected chi connectivity index (χ4v) is 1.34. The van der Waals surface area contributed by atoms with Gasteiger partial charge in [-0.1, -0.05) is 12.1 Å². The summed E-state index contributed by atoms with van der Waals surface area (Å²) in [6.07, 6.45) is 4.35. The minimum absolute atomic E-state index is 0.191. The summed E-state index contributed by atoms with van der Waals surface area (Å²) in [4.78, 5) is 3.94. The number of pyridine rings is 1. The van der Waals surface area contributed by atoms with Gasteiger partial charge >= 0.3 is 0 Å². The number of hydrogen-bond acceptors (Lipinski definition) is 1. The quantitative estimate of drug-likeness (QED) is 0.704. The predicted molar refractivity (Wildman–Crippen MR) is 53.4 cm³/mol. The molecule has 0 aliphatic rings. The van der Waals surface area contributed by atoms with E-state index in [9.17, 15) is 4.39 Å². The largest absolute Gasteiger partial charge is 0.265 e. The molecule has 0 unspecified atom stereocenters. The van der Waals surface area contributed by atoms with Gasteiger partial charge in [-0.05, 0) is 41.8 Å². The topological polar surface area (TPSA) is 12.9 Å². The monoisotopic (exact) mass is 187 g/mol. The van der Waals surface area contributed by atoms with Crippen LogP contribution in [0.4, 0.5) is 4.39 Å². The number of benzene rings is 1. The van der Waals surface area contributed by atoms with E-state index in [-0.39, 0.29) is 5.82 Å². The molecule has 2 aromatic rings. The van der Waals surface area contributed by atoms with Crippen molar-refractivity contribution in [3.05, 3.63) is 65.7 Å². The lowest BCUT2D eigenvalue weighted by Gasteiger charge is -2.00. The Balaban J connectivity index is 2.16. The van der Waals surface area contributed by atoms with Crippen molar-refractivity contribution in [3.8, 4) is 0 Å². The minimum Gasteiger partial charge on any atom is -0.265 e. The van der Waals surface area contributed by atoms with Crippen molar-refractivity contribution >= 4 is 0 Å². The van der Waals surface area contributed by atoms with Gasteiger partial charge in [-0.3, -0.25) is 4.98 Å². The molecule has 0 bridgehead atoms. The highest BCUT2D eigenvalue weighted by Gasteiger charge is 1.95. The minimum atomic E-state index is -0.191. The van der Waals surface area contributed by atoms with Crippen LogP contribution >= 0.6 is 0 Å². The second-order valence-corrected chi connectivity index (χ2v) is 3.16. The normalized spacial score (nSPS) is 10.1. The maximum absolute atomic E-state index is 12.6. The molecule has 1 nitrogen and oxygen atoms in total. The van der Waals surface area contributed by atoms with Gasteiger partial charge in [-0.25, -0.2) is 4.39 Å². The number of hydrogen-bond donors (Lipinski definition) is 0. The second kappa shape index (κ2) is 4.01. The predicted octanol–water partition coefficient (Wildman–Crippen LogP) is 2.81. The van der Waals surface area contributed by atoms with E-state index in [1.54, 1.807) is 24.5 Å². The molecule has 0 saturated carbocycles. The maximum atomic E-state index is 12.6. The van der Waals surface area contributed by atoms with Crippen molar-refractivity contribution < 1.29 is 4.39 Å². The third kappa shape index (κ3) is 2.16. The zero-order valence-electron chi connectivity index (χ0n) is 7.65. The van der Waals surface area contributed by atoms with Crippen molar-refractivity contribution in [2.24, 2.45) is 0 Å². The third-order valence-corrected chi connectivity index (χ3v) is 2.07. The molecule has 70 valence electrons. The summed E-state index contributed by atoms with van der Waals surface area (Å²) in [7, 11) is 0. The van der Waals surface area contributed by atoms with Gasteiger partial charge in [0.15, 0.2) is 0 Å². The highest BCUT2D eigenvalue weighted by molar-refractivity contribution is 5.24. The number of nitrogens with zero attached hydrogens (tertiary/aromatic N) is 1. The zero-order chi connectivity index (χ0) is 9.80. The lowest BCUT2D eigenvalue weighted by molar-refractivity contribution is 0.627. The first kappa shape index (κ1) is 8.88. The van der Waals surface area contributed by atoms with Gasteiger partial charge in [0.25, 0.3) is 0 Å². The van der Waals surface area contributed by atoms with E-state index < -0.39 is 0 Å². The van der Waals surface area contributed by atoms with Crippen molar-refractivity contribution in [1.82, 2.24) is 4.98 Å². The van der Waals surface area contributed by atoms with Crippen molar-refractivity contribution in [2.45, 2.75) is 6.42 Å². The first-order chi connectivity index (χ1) is 6.84. The van der Waals surface area contributed by atoms with Crippen LogP contribution in [-0.4, -0.2) is 4.98 Å². The third-order valence-electron chi connectivity index (χ3n) is 2.07. The fourth-order valence-electron chi connectivity index (χ4n) is 1.34. The van der Waals surface area contributed by atoms with Gasteiger partial charge in [0.1, 0.15) is 5.82 Å². The highest BCUT2D eigenvalue weighted by Crippen LogP contribution is 2.08. The molecule has 1 heterocycles. The van der Waals surface area contributed by atoms with Gasteiger partial charge in [0.2, 0.25) is 0 Å². The van der Waals surface area contributed by atoms with Crippen LogP contribution in [0.1, 0.15) is 11.1 Å². The Morgan fingerprint density at radius 3 is 2.07 bits per heavy atom. The second-order valence-electron chi connectivity index (χ2n) is 3.16. The first-order valence-electron chi connectivity index (χ1n) is 4.48. The van der Waals surface area contributed by atoms with Gasteiger partial charge in [0.05, 0.1) is 0 Å². The first-order valence-corrected chi connectivity index (χ1v) is 4.48. The lowest BCUT2D eigenvalue weighted by Crippen LogP contribution is -1.88. The summed E-state index contributed by atoms with van der Waals surface area (Å²) < 4.78 is 12.6. The average Bonchev–Trinajstić information content (AvgIpc) is 2.23. The number of aromatic nitrogens is 1. The van der Waals surface area contributed by atoms with Gasteiger partial charge in [0, 0.05) is 12.4 Å². The van der Waals surface area contributed by atoms with Crippen LogP contribution in [0.5, 0.6) is 0 Å². The molecule has 0 saturated heterocycles. The molecular formula is C12H10FN. The standard InChI is InChI=1S/C12H10FN/c13-12-3-1-10(2-4-12)9-11-5-7-14-8-6-11/h1-8H,9H2. The molecule has 14 heavy (non-hydrogen) atoms. The Kier molecular flexibility index (Phi) is 2.54. The zero-order valence-corrected chi connectivity index (χ0v) is 7.65. The highest BCUT2D eigenvalue weighted by atomic mass is 19.1. The maximum Gasteiger partial charge on any atom is 0.123 e. The molecule has 2 heteroatoms. The summed E-state index contributed by atoms with van der Waals surface area (Å²) in [5.74, 6) is -0.191. The van der Waals surface area contributed by atoms with Crippen molar-refractivity contribution in [1.29, 1.82) is 0 Å². The molecule has 1 aromatic carbocycles. The van der Waals surface area contributed by atoms with Crippen molar-refractivity contribution in [3.63, 3.8) is 0 Å². The summed E-state index contributed by atoms with van der Waals surface area (Å²) in [5.41, 5.74) is 2.30. The molecule has 2 rings (SSSR count). The SMILES string of the molecule is Fc1ccc(Cc2ccncc2)cc1. The summed E-state index contributed by atoms with van der Waals surface area (Å²) in [5, 5.41) is 0. The lowest BCUT2D eigenvalue weighted by atomic mass is 10.1. The Labute approximate surface area is 82.2 Å². The molecule has 1 aromatic heterocycles. The Morgan fingerprint density at radius 1 is 0.857 bits per heavy atom. The van der Waals surface area contributed by atoms with Crippen molar-refractivity contribution in [2.75, 3.05) is 0 Å². The number of rotatable bonds is 2. The smallest absolute Gasteiger partial charge is 0.123 e.